The van der Waals surface area contributed by atoms with Crippen molar-refractivity contribution in [2.24, 2.45) is 7.05 Å². The van der Waals surface area contributed by atoms with Gasteiger partial charge in [-0.2, -0.15) is 4.98 Å². The number of para-hydroxylation sites is 1. The normalized spacial score (nSPS) is 11.4. The molecular formula is C20H14N6O4. The molecule has 1 N–H and O–H groups in total. The molecule has 0 bridgehead atoms. The molecule has 3 heterocycles. The number of H-pyrrole nitrogens is 1. The highest BCUT2D eigenvalue weighted by molar-refractivity contribution is 5.79. The van der Waals surface area contributed by atoms with Crippen LogP contribution in [-0.2, 0) is 7.05 Å². The van der Waals surface area contributed by atoms with Gasteiger partial charge in [0.1, 0.15) is 0 Å². The molecule has 0 spiro atoms. The van der Waals surface area contributed by atoms with Crippen molar-refractivity contribution in [2.45, 2.75) is 0 Å². The lowest BCUT2D eigenvalue weighted by Gasteiger charge is -2.09. The first kappa shape index (κ1) is 17.6. The summed E-state index contributed by atoms with van der Waals surface area (Å²) in [5, 5.41) is 11.3. The fraction of sp³-hybridized carbons (Fsp3) is 0.0500. The maximum absolute atomic E-state index is 12.5. The van der Waals surface area contributed by atoms with E-state index in [4.69, 9.17) is 0 Å². The minimum atomic E-state index is -0.559. The third-order valence-corrected chi connectivity index (χ3v) is 4.99. The van der Waals surface area contributed by atoms with Crippen molar-refractivity contribution in [3.63, 3.8) is 0 Å². The van der Waals surface area contributed by atoms with Gasteiger partial charge >= 0.3 is 5.69 Å². The monoisotopic (exact) mass is 402 g/mol. The van der Waals surface area contributed by atoms with Crippen molar-refractivity contribution in [3.05, 3.63) is 91.7 Å². The molecule has 0 fully saturated rings. The summed E-state index contributed by atoms with van der Waals surface area (Å²) >= 11 is 0. The SMILES string of the molecule is Cn1c(=O)[nH]c(=O)c2c1nc1n(-c3ccccc3)c(-c3cccc([N+](=O)[O-])c3)cn21. The number of hydrogen-bond acceptors (Lipinski definition) is 5. The summed E-state index contributed by atoms with van der Waals surface area (Å²) in [4.78, 5) is 42.2. The third kappa shape index (κ3) is 2.47. The Bertz CT molecular complexity index is 1570. The minimum Gasteiger partial charge on any atom is -0.279 e. The Morgan fingerprint density at radius 3 is 2.57 bits per heavy atom. The Hall–Kier alpha value is -4.47. The number of aromatic amines is 1. The number of fused-ring (bicyclic) bond motifs is 3. The van der Waals surface area contributed by atoms with Crippen LogP contribution in [0.4, 0.5) is 5.69 Å². The van der Waals surface area contributed by atoms with Gasteiger partial charge in [0.05, 0.1) is 10.6 Å². The van der Waals surface area contributed by atoms with Crippen LogP contribution in [0.5, 0.6) is 0 Å². The van der Waals surface area contributed by atoms with E-state index in [0.29, 0.717) is 17.0 Å². The number of imidazole rings is 2. The molecule has 10 nitrogen and oxygen atoms in total. The van der Waals surface area contributed by atoms with Gasteiger partial charge in [0, 0.05) is 36.6 Å². The Labute approximate surface area is 167 Å². The van der Waals surface area contributed by atoms with E-state index in [0.717, 1.165) is 5.69 Å². The zero-order valence-electron chi connectivity index (χ0n) is 15.6. The highest BCUT2D eigenvalue weighted by Crippen LogP contribution is 2.30. The molecule has 0 aliphatic carbocycles. The van der Waals surface area contributed by atoms with Crippen LogP contribution in [0.25, 0.3) is 33.9 Å². The summed E-state index contributed by atoms with van der Waals surface area (Å²) in [5.74, 6) is 0.407. The van der Waals surface area contributed by atoms with Gasteiger partial charge in [0.25, 0.3) is 11.2 Å². The summed E-state index contributed by atoms with van der Waals surface area (Å²) in [7, 11) is 1.53. The second-order valence-corrected chi connectivity index (χ2v) is 6.77. The number of nitro benzene ring substituents is 1. The van der Waals surface area contributed by atoms with E-state index >= 15 is 0 Å². The van der Waals surface area contributed by atoms with Crippen molar-refractivity contribution < 1.29 is 4.92 Å². The van der Waals surface area contributed by atoms with E-state index < -0.39 is 16.2 Å². The van der Waals surface area contributed by atoms with E-state index in [1.54, 1.807) is 27.3 Å². The summed E-state index contributed by atoms with van der Waals surface area (Å²) in [5.41, 5.74) is 1.26. The van der Waals surface area contributed by atoms with Crippen LogP contribution in [0.2, 0.25) is 0 Å². The lowest BCUT2D eigenvalue weighted by molar-refractivity contribution is -0.384. The fourth-order valence-electron chi connectivity index (χ4n) is 3.57. The fourth-order valence-corrected chi connectivity index (χ4v) is 3.57. The number of benzene rings is 2. The van der Waals surface area contributed by atoms with Gasteiger partial charge in [-0.1, -0.05) is 30.3 Å². The minimum absolute atomic E-state index is 0.0453. The molecular weight excluding hydrogens is 388 g/mol. The molecule has 0 amide bonds. The van der Waals surface area contributed by atoms with Gasteiger partial charge in [-0.15, -0.1) is 0 Å². The van der Waals surface area contributed by atoms with Crippen LogP contribution in [0, 0.1) is 10.1 Å². The topological polar surface area (TPSA) is 120 Å². The number of rotatable bonds is 3. The summed E-state index contributed by atoms with van der Waals surface area (Å²) in [6.07, 6.45) is 1.69. The van der Waals surface area contributed by atoms with Crippen molar-refractivity contribution in [2.75, 3.05) is 0 Å². The van der Waals surface area contributed by atoms with Crippen LogP contribution in [0.1, 0.15) is 0 Å². The number of aryl methyl sites for hydroxylation is 1. The summed E-state index contributed by atoms with van der Waals surface area (Å²) in [6.45, 7) is 0. The molecule has 2 aromatic carbocycles. The molecule has 5 rings (SSSR count). The number of non-ortho nitro benzene ring substituents is 1. The number of nitrogens with one attached hydrogen (secondary N) is 1. The molecule has 0 atom stereocenters. The van der Waals surface area contributed by atoms with Crippen LogP contribution in [0.15, 0.2) is 70.4 Å². The number of hydrogen-bond donors (Lipinski definition) is 1. The second kappa shape index (κ2) is 6.27. The Kier molecular flexibility index (Phi) is 3.68. The van der Waals surface area contributed by atoms with Gasteiger partial charge in [0.15, 0.2) is 11.2 Å². The van der Waals surface area contributed by atoms with Gasteiger partial charge in [-0.25, -0.2) is 4.79 Å². The van der Waals surface area contributed by atoms with E-state index in [9.17, 15) is 19.7 Å². The van der Waals surface area contributed by atoms with Gasteiger partial charge in [-0.3, -0.25) is 33.4 Å². The van der Waals surface area contributed by atoms with Crippen LogP contribution >= 0.6 is 0 Å². The average molecular weight is 402 g/mol. The van der Waals surface area contributed by atoms with Crippen molar-refractivity contribution in [1.29, 1.82) is 0 Å². The van der Waals surface area contributed by atoms with Crippen molar-refractivity contribution in [1.82, 2.24) is 23.5 Å². The summed E-state index contributed by atoms with van der Waals surface area (Å²) < 4.78 is 4.66. The predicted molar refractivity (Wildman–Crippen MR) is 110 cm³/mol. The maximum atomic E-state index is 12.5. The second-order valence-electron chi connectivity index (χ2n) is 6.77. The number of nitro groups is 1. The maximum Gasteiger partial charge on any atom is 0.329 e. The molecule has 5 aromatic rings. The molecule has 0 aliphatic rings. The number of aromatic nitrogens is 5. The molecule has 10 heteroatoms. The predicted octanol–water partition coefficient (Wildman–Crippen LogP) is 2.24. The van der Waals surface area contributed by atoms with E-state index in [1.165, 1.54) is 23.7 Å². The molecule has 30 heavy (non-hydrogen) atoms. The van der Waals surface area contributed by atoms with Gasteiger partial charge < -0.3 is 0 Å². The first-order valence-electron chi connectivity index (χ1n) is 8.99. The lowest BCUT2D eigenvalue weighted by atomic mass is 10.1. The highest BCUT2D eigenvalue weighted by Gasteiger charge is 2.21. The van der Waals surface area contributed by atoms with Crippen LogP contribution < -0.4 is 11.2 Å². The molecule has 0 aliphatic heterocycles. The van der Waals surface area contributed by atoms with Crippen LogP contribution in [-0.4, -0.2) is 28.4 Å². The lowest BCUT2D eigenvalue weighted by Crippen LogP contribution is -2.28. The van der Waals surface area contributed by atoms with E-state index in [1.807, 2.05) is 30.3 Å². The van der Waals surface area contributed by atoms with Gasteiger partial charge in [-0.05, 0) is 12.1 Å². The molecule has 3 aromatic heterocycles. The first-order valence-corrected chi connectivity index (χ1v) is 8.99. The zero-order chi connectivity index (χ0) is 21.0. The Morgan fingerprint density at radius 1 is 1.07 bits per heavy atom. The first-order chi connectivity index (χ1) is 14.5. The van der Waals surface area contributed by atoms with Crippen LogP contribution in [0.3, 0.4) is 0 Å². The molecule has 0 radical (unpaired) electrons. The average Bonchev–Trinajstić information content (AvgIpc) is 3.29. The quantitative estimate of drug-likeness (QED) is 0.367. The Balaban J connectivity index is 1.93. The number of nitrogens with zero attached hydrogens (tertiary/aromatic N) is 5. The zero-order valence-corrected chi connectivity index (χ0v) is 15.6. The van der Waals surface area contributed by atoms with Crippen molar-refractivity contribution in [3.8, 4) is 16.9 Å². The summed E-state index contributed by atoms with van der Waals surface area (Å²) in [6, 6.07) is 15.6. The van der Waals surface area contributed by atoms with E-state index in [-0.39, 0.29) is 16.9 Å². The molecule has 148 valence electrons. The highest BCUT2D eigenvalue weighted by atomic mass is 16.6. The third-order valence-electron chi connectivity index (χ3n) is 4.99. The molecule has 0 saturated carbocycles. The van der Waals surface area contributed by atoms with E-state index in [2.05, 4.69) is 9.97 Å². The van der Waals surface area contributed by atoms with Crippen molar-refractivity contribution >= 4 is 22.6 Å². The Morgan fingerprint density at radius 2 is 1.83 bits per heavy atom. The van der Waals surface area contributed by atoms with Gasteiger partial charge in [0.2, 0.25) is 5.78 Å². The molecule has 0 unspecified atom stereocenters. The smallest absolute Gasteiger partial charge is 0.279 e. The molecule has 0 saturated heterocycles. The standard InChI is InChI=1S/C20H14N6O4/c1-23-17-16(18(27)22-20(23)28)24-11-15(12-6-5-9-14(10-12)26(29)30)25(19(24)21-17)13-7-3-2-4-8-13/h2-11H,1H3,(H,22,27,28). The largest absolute Gasteiger partial charge is 0.329 e.